The van der Waals surface area contributed by atoms with Crippen LogP contribution in [0.5, 0.6) is 0 Å². The average molecular weight is 470 g/mol. The molecule has 0 aromatic heterocycles. The summed E-state index contributed by atoms with van der Waals surface area (Å²) in [5, 5.41) is 15.9. The van der Waals surface area contributed by atoms with Crippen LogP contribution in [0.25, 0.3) is 0 Å². The Morgan fingerprint density at radius 1 is 1.12 bits per heavy atom. The van der Waals surface area contributed by atoms with Crippen molar-refractivity contribution in [2.24, 2.45) is 17.3 Å². The maximum absolute atomic E-state index is 13.7. The number of esters is 1. The molecule has 0 aromatic carbocycles. The maximum Gasteiger partial charge on any atom is 0.333 e. The lowest BCUT2D eigenvalue weighted by Gasteiger charge is -2.40. The number of carbonyl (C=O) groups excluding carboxylic acids is 3. The van der Waals surface area contributed by atoms with Crippen molar-refractivity contribution in [2.45, 2.75) is 86.4 Å². The first-order chi connectivity index (χ1) is 15.1. The minimum atomic E-state index is -1.19. The van der Waals surface area contributed by atoms with Gasteiger partial charge in [0.2, 0.25) is 11.8 Å². The van der Waals surface area contributed by atoms with Gasteiger partial charge < -0.3 is 25.4 Å². The zero-order valence-corrected chi connectivity index (χ0v) is 22.5. The van der Waals surface area contributed by atoms with Crippen molar-refractivity contribution in [2.75, 3.05) is 27.3 Å². The molecule has 3 unspecified atom stereocenters. The highest BCUT2D eigenvalue weighted by Crippen LogP contribution is 2.25. The summed E-state index contributed by atoms with van der Waals surface area (Å²) in [6.07, 6.45) is 2.16. The summed E-state index contributed by atoms with van der Waals surface area (Å²) >= 11 is 0. The quantitative estimate of drug-likeness (QED) is 0.299. The van der Waals surface area contributed by atoms with Crippen LogP contribution in [-0.2, 0) is 19.1 Å². The van der Waals surface area contributed by atoms with Gasteiger partial charge in [0, 0.05) is 12.6 Å². The number of carbonyl (C=O) groups is 3. The summed E-state index contributed by atoms with van der Waals surface area (Å²) in [6, 6.07) is -1.20. The van der Waals surface area contributed by atoms with Crippen molar-refractivity contribution in [1.82, 2.24) is 15.5 Å². The van der Waals surface area contributed by atoms with Crippen molar-refractivity contribution < 1.29 is 24.2 Å². The van der Waals surface area contributed by atoms with E-state index in [2.05, 4.69) is 10.6 Å². The minimum Gasteiger partial charge on any atom is -0.463 e. The SMILES string of the molecule is CCOC(=O)/C(C)=C/C(C(C)C)N(C)C(=O)C(NC(=O)C(CO)(CC(C)C)NC)C(C)(C)C. The highest BCUT2D eigenvalue weighted by molar-refractivity contribution is 5.93. The molecule has 33 heavy (non-hydrogen) atoms. The van der Waals surface area contributed by atoms with Crippen LogP contribution in [0, 0.1) is 17.3 Å². The van der Waals surface area contributed by atoms with Crippen LogP contribution in [0.2, 0.25) is 0 Å². The first kappa shape index (κ1) is 31.1. The van der Waals surface area contributed by atoms with E-state index in [1.165, 1.54) is 0 Å². The van der Waals surface area contributed by atoms with Crippen molar-refractivity contribution in [3.8, 4) is 0 Å². The van der Waals surface area contributed by atoms with Gasteiger partial charge in [-0.1, -0.05) is 54.5 Å². The number of nitrogens with one attached hydrogen (secondary N) is 2. The van der Waals surface area contributed by atoms with E-state index in [0.717, 1.165) is 0 Å². The molecule has 0 aromatic rings. The summed E-state index contributed by atoms with van der Waals surface area (Å²) in [6.45, 7) is 16.8. The Labute approximate surface area is 200 Å². The molecule has 0 saturated heterocycles. The summed E-state index contributed by atoms with van der Waals surface area (Å²) in [5.74, 6) is -0.921. The second kappa shape index (κ2) is 13.1. The van der Waals surface area contributed by atoms with E-state index in [0.29, 0.717) is 12.0 Å². The first-order valence-corrected chi connectivity index (χ1v) is 11.8. The molecule has 0 heterocycles. The number of aliphatic hydroxyl groups is 1. The van der Waals surface area contributed by atoms with Gasteiger partial charge in [0.1, 0.15) is 11.6 Å². The van der Waals surface area contributed by atoms with Gasteiger partial charge in [-0.05, 0) is 44.6 Å². The van der Waals surface area contributed by atoms with E-state index in [4.69, 9.17) is 4.74 Å². The van der Waals surface area contributed by atoms with Crippen LogP contribution in [0.1, 0.15) is 68.7 Å². The Kier molecular flexibility index (Phi) is 12.3. The smallest absolute Gasteiger partial charge is 0.333 e. The molecule has 8 nitrogen and oxygen atoms in total. The number of likely N-dealkylation sites (N-methyl/N-ethyl adjacent to an activating group) is 2. The van der Waals surface area contributed by atoms with Crippen molar-refractivity contribution in [1.29, 1.82) is 0 Å². The summed E-state index contributed by atoms with van der Waals surface area (Å²) < 4.78 is 5.07. The third-order valence-electron chi connectivity index (χ3n) is 5.82. The fraction of sp³-hybridized carbons (Fsp3) is 0.800. The largest absolute Gasteiger partial charge is 0.463 e. The van der Waals surface area contributed by atoms with Crippen molar-refractivity contribution in [3.63, 3.8) is 0 Å². The summed E-state index contributed by atoms with van der Waals surface area (Å²) in [7, 11) is 3.31. The first-order valence-electron chi connectivity index (χ1n) is 11.8. The lowest BCUT2D eigenvalue weighted by Crippen LogP contribution is -2.64. The lowest BCUT2D eigenvalue weighted by atomic mass is 9.83. The lowest BCUT2D eigenvalue weighted by molar-refractivity contribution is -0.142. The van der Waals surface area contributed by atoms with E-state index in [1.54, 1.807) is 38.9 Å². The Balaban J connectivity index is 6.06. The Morgan fingerprint density at radius 3 is 2.03 bits per heavy atom. The van der Waals surface area contributed by atoms with Crippen molar-refractivity contribution >= 4 is 17.8 Å². The van der Waals surface area contributed by atoms with Gasteiger partial charge in [-0.2, -0.15) is 0 Å². The topological polar surface area (TPSA) is 108 Å². The van der Waals surface area contributed by atoms with Gasteiger partial charge in [0.15, 0.2) is 0 Å². The molecule has 0 bridgehead atoms. The highest BCUT2D eigenvalue weighted by atomic mass is 16.5. The van der Waals surface area contributed by atoms with E-state index in [-0.39, 0.29) is 37.0 Å². The summed E-state index contributed by atoms with van der Waals surface area (Å²) in [5.41, 5.74) is -1.35. The fourth-order valence-electron chi connectivity index (χ4n) is 3.81. The van der Waals surface area contributed by atoms with Gasteiger partial charge in [-0.3, -0.25) is 9.59 Å². The standard InChI is InChI=1S/C25H47N3O5/c1-12-33-22(31)18(6)13-19(17(4)5)28(11)21(30)20(24(7,8)9)27-23(32)25(15-29,26-10)14-16(2)3/h13,16-17,19-20,26,29H,12,14-15H2,1-11H3,(H,27,32)/b18-13+. The van der Waals surface area contributed by atoms with Crippen LogP contribution in [-0.4, -0.2) is 72.7 Å². The second-order valence-corrected chi connectivity index (χ2v) is 10.6. The van der Waals surface area contributed by atoms with E-state index < -0.39 is 28.9 Å². The molecule has 3 atom stereocenters. The third-order valence-corrected chi connectivity index (χ3v) is 5.82. The van der Waals surface area contributed by atoms with Crippen LogP contribution >= 0.6 is 0 Å². The van der Waals surface area contributed by atoms with Crippen LogP contribution < -0.4 is 10.6 Å². The zero-order chi connectivity index (χ0) is 26.1. The molecule has 0 aliphatic heterocycles. The van der Waals surface area contributed by atoms with Gasteiger partial charge in [0.25, 0.3) is 0 Å². The molecule has 8 heteroatoms. The molecule has 2 amide bonds. The average Bonchev–Trinajstić information content (AvgIpc) is 2.71. The molecule has 0 saturated carbocycles. The van der Waals surface area contributed by atoms with E-state index >= 15 is 0 Å². The number of hydrogen-bond donors (Lipinski definition) is 3. The monoisotopic (exact) mass is 469 g/mol. The molecule has 0 fully saturated rings. The second-order valence-electron chi connectivity index (χ2n) is 10.6. The Hall–Kier alpha value is -1.93. The number of hydrogen-bond acceptors (Lipinski definition) is 6. The number of rotatable bonds is 12. The number of aliphatic hydroxyl groups excluding tert-OH is 1. The fourth-order valence-corrected chi connectivity index (χ4v) is 3.81. The van der Waals surface area contributed by atoms with Gasteiger partial charge >= 0.3 is 5.97 Å². The zero-order valence-electron chi connectivity index (χ0n) is 22.5. The van der Waals surface area contributed by atoms with E-state index in [1.807, 2.05) is 48.5 Å². The minimum absolute atomic E-state index is 0.0226. The Morgan fingerprint density at radius 2 is 1.67 bits per heavy atom. The normalized spacial score (nSPS) is 16.2. The van der Waals surface area contributed by atoms with Gasteiger partial charge in [-0.25, -0.2) is 4.79 Å². The maximum atomic E-state index is 13.7. The molecular weight excluding hydrogens is 422 g/mol. The van der Waals surface area contributed by atoms with Crippen LogP contribution in [0.4, 0.5) is 0 Å². The predicted molar refractivity (Wildman–Crippen MR) is 132 cm³/mol. The molecule has 0 aliphatic rings. The molecule has 0 aliphatic carbocycles. The van der Waals surface area contributed by atoms with Crippen LogP contribution in [0.3, 0.4) is 0 Å². The third kappa shape index (κ3) is 8.74. The number of ether oxygens (including phenoxy) is 1. The number of amides is 2. The highest BCUT2D eigenvalue weighted by Gasteiger charge is 2.43. The van der Waals surface area contributed by atoms with Gasteiger partial charge in [-0.15, -0.1) is 0 Å². The molecule has 0 spiro atoms. The summed E-state index contributed by atoms with van der Waals surface area (Å²) in [4.78, 5) is 40.7. The van der Waals surface area contributed by atoms with E-state index in [9.17, 15) is 19.5 Å². The molecule has 192 valence electrons. The van der Waals surface area contributed by atoms with Crippen molar-refractivity contribution in [3.05, 3.63) is 11.6 Å². The van der Waals surface area contributed by atoms with Gasteiger partial charge in [0.05, 0.1) is 19.3 Å². The van der Waals surface area contributed by atoms with Crippen LogP contribution in [0.15, 0.2) is 11.6 Å². The molecule has 0 rings (SSSR count). The Bertz CT molecular complexity index is 691. The molecule has 0 radical (unpaired) electrons. The molecular formula is C25H47N3O5. The molecule has 3 N–H and O–H groups in total. The predicted octanol–water partition coefficient (Wildman–Crippen LogP) is 2.51. The number of nitrogens with zero attached hydrogens (tertiary/aromatic N) is 1.